The summed E-state index contributed by atoms with van der Waals surface area (Å²) in [5, 5.41) is 9.51. The highest BCUT2D eigenvalue weighted by molar-refractivity contribution is 6.05. The number of carbonyl (C=O) groups excluding carboxylic acids is 2. The molecule has 2 aromatic carbocycles. The van der Waals surface area contributed by atoms with Crippen molar-refractivity contribution in [1.29, 1.82) is 0 Å². The summed E-state index contributed by atoms with van der Waals surface area (Å²) < 4.78 is 71.2. The van der Waals surface area contributed by atoms with Crippen LogP contribution in [0.15, 0.2) is 30.3 Å². The number of halogens is 5. The van der Waals surface area contributed by atoms with Crippen molar-refractivity contribution < 1.29 is 41.4 Å². The minimum Gasteiger partial charge on any atom is -0.503 e. The van der Waals surface area contributed by atoms with Gasteiger partial charge in [0.05, 0.1) is 11.4 Å². The number of fused-ring (bicyclic) bond motifs is 1. The molecule has 0 aliphatic heterocycles. The van der Waals surface area contributed by atoms with E-state index in [0.717, 1.165) is 34.9 Å². The van der Waals surface area contributed by atoms with Gasteiger partial charge in [0.15, 0.2) is 17.4 Å². The zero-order chi connectivity index (χ0) is 25.4. The van der Waals surface area contributed by atoms with E-state index in [1.165, 1.54) is 6.92 Å². The Morgan fingerprint density at radius 2 is 1.79 bits per heavy atom. The predicted octanol–water partition coefficient (Wildman–Crippen LogP) is 5.28. The van der Waals surface area contributed by atoms with Crippen molar-refractivity contribution in [3.8, 4) is 11.5 Å². The first kappa shape index (κ1) is 25.0. The minimum atomic E-state index is -4.92. The lowest BCUT2D eigenvalue weighted by Crippen LogP contribution is -2.23. The number of nitrogens with two attached hydrogens (primary N) is 1. The molecule has 3 rings (SSSR count). The maximum absolute atomic E-state index is 15.0. The van der Waals surface area contributed by atoms with E-state index in [1.54, 1.807) is 0 Å². The van der Waals surface area contributed by atoms with Gasteiger partial charge < -0.3 is 15.6 Å². The molecule has 3 N–H and O–H groups in total. The number of benzene rings is 2. The van der Waals surface area contributed by atoms with Crippen LogP contribution in [0.2, 0.25) is 0 Å². The minimum absolute atomic E-state index is 0.0362. The van der Waals surface area contributed by atoms with Crippen LogP contribution in [0.1, 0.15) is 53.7 Å². The van der Waals surface area contributed by atoms with Crippen LogP contribution in [0.5, 0.6) is 11.5 Å². The van der Waals surface area contributed by atoms with Gasteiger partial charge in [-0.25, -0.2) is 8.78 Å². The van der Waals surface area contributed by atoms with Gasteiger partial charge in [0.1, 0.15) is 5.75 Å². The van der Waals surface area contributed by atoms with E-state index < -0.39 is 47.2 Å². The van der Waals surface area contributed by atoms with Gasteiger partial charge in [-0.05, 0) is 43.2 Å². The van der Waals surface area contributed by atoms with E-state index >= 15 is 4.39 Å². The van der Waals surface area contributed by atoms with E-state index in [-0.39, 0.29) is 34.1 Å². The summed E-state index contributed by atoms with van der Waals surface area (Å²) in [5.41, 5.74) is 5.30. The van der Waals surface area contributed by atoms with Crippen molar-refractivity contribution in [2.45, 2.75) is 45.4 Å². The van der Waals surface area contributed by atoms with Gasteiger partial charge in [-0.1, -0.05) is 19.8 Å². The fourth-order valence-electron chi connectivity index (χ4n) is 3.96. The summed E-state index contributed by atoms with van der Waals surface area (Å²) >= 11 is 0. The number of unbranched alkanes of at least 4 members (excludes halogenated alkanes) is 1. The molecule has 34 heavy (non-hydrogen) atoms. The van der Waals surface area contributed by atoms with Gasteiger partial charge in [-0.3, -0.25) is 14.2 Å². The average Bonchev–Trinajstić information content (AvgIpc) is 3.03. The molecule has 11 heteroatoms. The Balaban J connectivity index is 2.22. The van der Waals surface area contributed by atoms with Crippen LogP contribution in [-0.4, -0.2) is 27.9 Å². The number of amides is 1. The van der Waals surface area contributed by atoms with Crippen LogP contribution in [0.25, 0.3) is 10.9 Å². The first-order valence-corrected chi connectivity index (χ1v) is 10.3. The first-order chi connectivity index (χ1) is 15.9. The Hall–Kier alpha value is -3.63. The van der Waals surface area contributed by atoms with Gasteiger partial charge >= 0.3 is 6.36 Å². The molecule has 0 radical (unpaired) electrons. The normalized spacial score (nSPS) is 12.7. The SMILES string of the molecule is CCCCC(C(N)=O)c1c(C)n(C(=O)c2ccc(OC(F)(F)F)cc2)c2cc(F)c(O)c(F)c12. The molecule has 6 nitrogen and oxygen atoms in total. The van der Waals surface area contributed by atoms with Crippen LogP contribution < -0.4 is 10.5 Å². The van der Waals surface area contributed by atoms with E-state index in [9.17, 15) is 32.3 Å². The quantitative estimate of drug-likeness (QED) is 0.446. The lowest BCUT2D eigenvalue weighted by molar-refractivity contribution is -0.274. The number of aromatic nitrogens is 1. The molecule has 3 aromatic rings. The summed E-state index contributed by atoms with van der Waals surface area (Å²) in [6.45, 7) is 3.27. The van der Waals surface area contributed by atoms with Gasteiger partial charge in [0.25, 0.3) is 5.91 Å². The third kappa shape index (κ3) is 4.68. The number of hydrogen-bond acceptors (Lipinski definition) is 4. The number of phenolic OH excluding ortho intramolecular Hbond substituents is 1. The highest BCUT2D eigenvalue weighted by Crippen LogP contribution is 2.40. The zero-order valence-corrected chi connectivity index (χ0v) is 18.2. The van der Waals surface area contributed by atoms with E-state index in [4.69, 9.17) is 5.73 Å². The Labute approximate surface area is 190 Å². The first-order valence-electron chi connectivity index (χ1n) is 10.3. The molecule has 0 spiro atoms. The largest absolute Gasteiger partial charge is 0.573 e. The fourth-order valence-corrected chi connectivity index (χ4v) is 3.96. The van der Waals surface area contributed by atoms with Gasteiger partial charge in [-0.2, -0.15) is 0 Å². The number of nitrogens with zero attached hydrogens (tertiary/aromatic N) is 1. The highest BCUT2D eigenvalue weighted by Gasteiger charge is 2.33. The molecule has 0 aliphatic carbocycles. The van der Waals surface area contributed by atoms with Crippen molar-refractivity contribution in [3.05, 3.63) is 58.8 Å². The van der Waals surface area contributed by atoms with Gasteiger partial charge in [0, 0.05) is 22.7 Å². The molecule has 1 heterocycles. The van der Waals surface area contributed by atoms with Crippen molar-refractivity contribution >= 4 is 22.7 Å². The second-order valence-corrected chi connectivity index (χ2v) is 7.72. The van der Waals surface area contributed by atoms with E-state index in [1.807, 2.05) is 6.92 Å². The van der Waals surface area contributed by atoms with Crippen molar-refractivity contribution in [1.82, 2.24) is 4.57 Å². The van der Waals surface area contributed by atoms with Crippen molar-refractivity contribution in [2.75, 3.05) is 0 Å². The molecule has 0 aliphatic rings. The molecule has 0 saturated carbocycles. The number of aromatic hydroxyl groups is 1. The topological polar surface area (TPSA) is 94.6 Å². The Morgan fingerprint density at radius 1 is 1.18 bits per heavy atom. The highest BCUT2D eigenvalue weighted by atomic mass is 19.4. The lowest BCUT2D eigenvalue weighted by atomic mass is 9.90. The number of primary amides is 1. The summed E-state index contributed by atoms with van der Waals surface area (Å²) in [5.74, 6) is -7.16. The van der Waals surface area contributed by atoms with Crippen LogP contribution in [0.3, 0.4) is 0 Å². The van der Waals surface area contributed by atoms with Crippen LogP contribution in [-0.2, 0) is 4.79 Å². The third-order valence-electron chi connectivity index (χ3n) is 5.48. The lowest BCUT2D eigenvalue weighted by Gasteiger charge is -2.15. The summed E-state index contributed by atoms with van der Waals surface area (Å²) in [6.07, 6.45) is -3.47. The Morgan fingerprint density at radius 3 is 2.32 bits per heavy atom. The molecule has 182 valence electrons. The van der Waals surface area contributed by atoms with E-state index in [0.29, 0.717) is 12.8 Å². The molecule has 1 amide bonds. The second-order valence-electron chi connectivity index (χ2n) is 7.72. The zero-order valence-electron chi connectivity index (χ0n) is 18.2. The third-order valence-corrected chi connectivity index (χ3v) is 5.48. The number of ether oxygens (including phenoxy) is 1. The van der Waals surface area contributed by atoms with Crippen LogP contribution in [0.4, 0.5) is 22.0 Å². The Kier molecular flexibility index (Phi) is 6.85. The molecular weight excluding hydrogens is 463 g/mol. The average molecular weight is 484 g/mol. The number of hydrogen-bond donors (Lipinski definition) is 2. The molecule has 0 bridgehead atoms. The maximum atomic E-state index is 15.0. The molecular formula is C23H21F5N2O4. The maximum Gasteiger partial charge on any atom is 0.573 e. The summed E-state index contributed by atoms with van der Waals surface area (Å²) in [7, 11) is 0. The number of phenols is 1. The predicted molar refractivity (Wildman–Crippen MR) is 113 cm³/mol. The van der Waals surface area contributed by atoms with Crippen LogP contribution >= 0.6 is 0 Å². The molecule has 1 unspecified atom stereocenters. The van der Waals surface area contributed by atoms with Crippen molar-refractivity contribution in [3.63, 3.8) is 0 Å². The van der Waals surface area contributed by atoms with E-state index in [2.05, 4.69) is 4.74 Å². The van der Waals surface area contributed by atoms with Gasteiger partial charge in [-0.15, -0.1) is 13.2 Å². The summed E-state index contributed by atoms with van der Waals surface area (Å²) in [6, 6.07) is 4.71. The van der Waals surface area contributed by atoms with Crippen molar-refractivity contribution in [2.24, 2.45) is 5.73 Å². The monoisotopic (exact) mass is 484 g/mol. The standard InChI is InChI=1S/C23H21F5N2O4/c1-3-4-5-14(21(29)32)17-11(2)30(16-10-15(24)20(31)19(25)18(16)17)22(33)12-6-8-13(9-7-12)34-23(26,27)28/h6-10,14,31H,3-5H2,1-2H3,(H2,29,32). The Bertz CT molecular complexity index is 1250. The number of alkyl halides is 3. The molecule has 1 aromatic heterocycles. The number of carbonyl (C=O) groups is 2. The molecule has 0 fully saturated rings. The number of rotatable bonds is 7. The molecule has 0 saturated heterocycles. The molecule has 1 atom stereocenters. The second kappa shape index (κ2) is 9.32. The van der Waals surface area contributed by atoms with Crippen LogP contribution in [0, 0.1) is 18.6 Å². The van der Waals surface area contributed by atoms with Gasteiger partial charge in [0.2, 0.25) is 5.91 Å². The fraction of sp³-hybridized carbons (Fsp3) is 0.304. The summed E-state index contributed by atoms with van der Waals surface area (Å²) in [4.78, 5) is 25.5. The smallest absolute Gasteiger partial charge is 0.503 e.